The number of pyridine rings is 1. The zero-order valence-corrected chi connectivity index (χ0v) is 12.2. The fourth-order valence-electron chi connectivity index (χ4n) is 2.68. The largest absolute Gasteiger partial charge is 0.321 e. The molecule has 0 saturated heterocycles. The van der Waals surface area contributed by atoms with Gasteiger partial charge in [-0.25, -0.2) is 9.37 Å². The molecule has 0 aliphatic heterocycles. The van der Waals surface area contributed by atoms with Crippen LogP contribution >= 0.6 is 11.6 Å². The first-order chi connectivity index (χ1) is 10.1. The number of imidazole rings is 1. The smallest absolute Gasteiger partial charge is 0.145 e. The maximum Gasteiger partial charge on any atom is 0.145 e. The molecule has 1 fully saturated rings. The number of fused-ring (bicyclic) bond motifs is 1. The molecule has 2 aromatic heterocycles. The topological polar surface area (TPSA) is 30.7 Å². The SMILES string of the molecule is Cc1c(F)cncc1-c1nc2ccc(Cl)cc2n1C1CC1. The van der Waals surface area contributed by atoms with Crippen molar-refractivity contribution in [2.75, 3.05) is 0 Å². The van der Waals surface area contributed by atoms with Gasteiger partial charge in [-0.3, -0.25) is 4.98 Å². The van der Waals surface area contributed by atoms with Gasteiger partial charge in [0.25, 0.3) is 0 Å². The molecule has 0 amide bonds. The Morgan fingerprint density at radius 2 is 2.10 bits per heavy atom. The minimum atomic E-state index is -0.306. The fraction of sp³-hybridized carbons (Fsp3) is 0.250. The Balaban J connectivity index is 2.04. The van der Waals surface area contributed by atoms with Gasteiger partial charge in [0.15, 0.2) is 0 Å². The lowest BCUT2D eigenvalue weighted by atomic mass is 10.1. The summed E-state index contributed by atoms with van der Waals surface area (Å²) in [6.07, 6.45) is 5.15. The van der Waals surface area contributed by atoms with Gasteiger partial charge in [-0.1, -0.05) is 11.6 Å². The monoisotopic (exact) mass is 301 g/mol. The molecule has 3 aromatic rings. The van der Waals surface area contributed by atoms with Gasteiger partial charge in [-0.2, -0.15) is 0 Å². The van der Waals surface area contributed by atoms with E-state index in [1.807, 2.05) is 18.2 Å². The second-order valence-corrected chi connectivity index (χ2v) is 5.90. The zero-order valence-electron chi connectivity index (χ0n) is 11.5. The van der Waals surface area contributed by atoms with Crippen molar-refractivity contribution in [1.82, 2.24) is 14.5 Å². The molecule has 0 radical (unpaired) electrons. The predicted octanol–water partition coefficient (Wildman–Crippen LogP) is 4.53. The molecule has 2 heterocycles. The van der Waals surface area contributed by atoms with Gasteiger partial charge in [0.1, 0.15) is 11.6 Å². The van der Waals surface area contributed by atoms with Gasteiger partial charge in [0, 0.05) is 22.8 Å². The minimum absolute atomic E-state index is 0.306. The average molecular weight is 302 g/mol. The molecule has 0 spiro atoms. The first-order valence-electron chi connectivity index (χ1n) is 6.93. The zero-order chi connectivity index (χ0) is 14.6. The Kier molecular flexibility index (Phi) is 2.76. The first kappa shape index (κ1) is 12.8. The summed E-state index contributed by atoms with van der Waals surface area (Å²) < 4.78 is 16.0. The van der Waals surface area contributed by atoms with Gasteiger partial charge < -0.3 is 4.57 Å². The van der Waals surface area contributed by atoms with Gasteiger partial charge in [-0.05, 0) is 43.5 Å². The molecule has 0 unspecified atom stereocenters. The number of hydrogen-bond acceptors (Lipinski definition) is 2. The van der Waals surface area contributed by atoms with Crippen LogP contribution in [-0.2, 0) is 0 Å². The standard InChI is InChI=1S/C16H13ClFN3/c1-9-12(7-19-8-13(9)18)16-20-14-5-2-10(17)6-15(14)21(16)11-3-4-11/h2,5-8,11H,3-4H2,1H3. The summed E-state index contributed by atoms with van der Waals surface area (Å²) in [5.74, 6) is 0.471. The molecular formula is C16H13ClFN3. The molecule has 4 rings (SSSR count). The van der Waals surface area contributed by atoms with E-state index in [0.29, 0.717) is 16.6 Å². The van der Waals surface area contributed by atoms with Crippen molar-refractivity contribution < 1.29 is 4.39 Å². The lowest BCUT2D eigenvalue weighted by Gasteiger charge is -2.10. The second-order valence-electron chi connectivity index (χ2n) is 5.46. The van der Waals surface area contributed by atoms with Crippen molar-refractivity contribution in [3.05, 3.63) is 47.0 Å². The van der Waals surface area contributed by atoms with Crippen molar-refractivity contribution in [3.63, 3.8) is 0 Å². The first-order valence-corrected chi connectivity index (χ1v) is 7.31. The highest BCUT2D eigenvalue weighted by Gasteiger charge is 2.29. The van der Waals surface area contributed by atoms with Crippen LogP contribution in [0.2, 0.25) is 5.02 Å². The summed E-state index contributed by atoms with van der Waals surface area (Å²) >= 11 is 6.11. The number of hydrogen-bond donors (Lipinski definition) is 0. The summed E-state index contributed by atoms with van der Waals surface area (Å²) in [7, 11) is 0. The van der Waals surface area contributed by atoms with Crippen molar-refractivity contribution in [1.29, 1.82) is 0 Å². The quantitative estimate of drug-likeness (QED) is 0.696. The van der Waals surface area contributed by atoms with Crippen molar-refractivity contribution in [3.8, 4) is 11.4 Å². The Morgan fingerprint density at radius 3 is 2.86 bits per heavy atom. The molecule has 0 atom stereocenters. The van der Waals surface area contributed by atoms with E-state index in [9.17, 15) is 4.39 Å². The molecule has 1 aliphatic carbocycles. The molecule has 1 saturated carbocycles. The molecular weight excluding hydrogens is 289 g/mol. The summed E-state index contributed by atoms with van der Waals surface area (Å²) in [4.78, 5) is 8.66. The van der Waals surface area contributed by atoms with Crippen LogP contribution in [0.25, 0.3) is 22.4 Å². The lowest BCUT2D eigenvalue weighted by molar-refractivity contribution is 0.612. The number of nitrogens with zero attached hydrogens (tertiary/aromatic N) is 3. The molecule has 1 aromatic carbocycles. The van der Waals surface area contributed by atoms with Crippen LogP contribution in [0.5, 0.6) is 0 Å². The predicted molar refractivity (Wildman–Crippen MR) is 80.9 cm³/mol. The van der Waals surface area contributed by atoms with Gasteiger partial charge in [-0.15, -0.1) is 0 Å². The van der Waals surface area contributed by atoms with Crippen LogP contribution in [0, 0.1) is 12.7 Å². The van der Waals surface area contributed by atoms with Crippen LogP contribution in [0.4, 0.5) is 4.39 Å². The molecule has 1 aliphatic rings. The van der Waals surface area contributed by atoms with E-state index in [0.717, 1.165) is 35.3 Å². The maximum absolute atomic E-state index is 13.8. The maximum atomic E-state index is 13.8. The number of halogens is 2. The van der Waals surface area contributed by atoms with Crippen molar-refractivity contribution >= 4 is 22.6 Å². The van der Waals surface area contributed by atoms with E-state index >= 15 is 0 Å². The summed E-state index contributed by atoms with van der Waals surface area (Å²) in [6, 6.07) is 6.08. The molecule has 0 bridgehead atoms. The Hall–Kier alpha value is -1.94. The van der Waals surface area contributed by atoms with Crippen molar-refractivity contribution in [2.24, 2.45) is 0 Å². The van der Waals surface area contributed by atoms with Crippen LogP contribution < -0.4 is 0 Å². The molecule has 0 N–H and O–H groups in total. The third-order valence-electron chi connectivity index (χ3n) is 3.96. The van der Waals surface area contributed by atoms with Crippen LogP contribution in [0.1, 0.15) is 24.4 Å². The normalized spacial score (nSPS) is 14.8. The lowest BCUT2D eigenvalue weighted by Crippen LogP contribution is -2.00. The van der Waals surface area contributed by atoms with Gasteiger partial charge >= 0.3 is 0 Å². The van der Waals surface area contributed by atoms with Crippen LogP contribution in [0.3, 0.4) is 0 Å². The Bertz CT molecular complexity index is 852. The third kappa shape index (κ3) is 2.02. The molecule has 3 nitrogen and oxygen atoms in total. The molecule has 21 heavy (non-hydrogen) atoms. The van der Waals surface area contributed by atoms with Gasteiger partial charge in [0.2, 0.25) is 0 Å². The molecule has 5 heteroatoms. The van der Waals surface area contributed by atoms with Gasteiger partial charge in [0.05, 0.1) is 17.2 Å². The van der Waals surface area contributed by atoms with E-state index in [1.54, 1.807) is 13.1 Å². The summed E-state index contributed by atoms with van der Waals surface area (Å²) in [6.45, 7) is 1.76. The number of aromatic nitrogens is 3. The number of benzene rings is 1. The second kappa shape index (κ2) is 4.53. The highest BCUT2D eigenvalue weighted by molar-refractivity contribution is 6.31. The van der Waals surface area contributed by atoms with E-state index in [4.69, 9.17) is 11.6 Å². The highest BCUT2D eigenvalue weighted by Crippen LogP contribution is 2.42. The fourth-order valence-corrected chi connectivity index (χ4v) is 2.85. The van der Waals surface area contributed by atoms with Crippen LogP contribution in [0.15, 0.2) is 30.6 Å². The number of rotatable bonds is 2. The Labute approximate surface area is 126 Å². The van der Waals surface area contributed by atoms with E-state index in [-0.39, 0.29) is 5.82 Å². The molecule has 106 valence electrons. The summed E-state index contributed by atoms with van der Waals surface area (Å²) in [5, 5.41) is 0.685. The van der Waals surface area contributed by atoms with Crippen LogP contribution in [-0.4, -0.2) is 14.5 Å². The van der Waals surface area contributed by atoms with E-state index < -0.39 is 0 Å². The summed E-state index contributed by atoms with van der Waals surface area (Å²) in [5.41, 5.74) is 3.20. The van der Waals surface area contributed by atoms with Crippen molar-refractivity contribution in [2.45, 2.75) is 25.8 Å². The Morgan fingerprint density at radius 1 is 1.29 bits per heavy atom. The van der Waals surface area contributed by atoms with E-state index in [2.05, 4.69) is 14.5 Å². The highest BCUT2D eigenvalue weighted by atomic mass is 35.5. The average Bonchev–Trinajstić information content (AvgIpc) is 3.23. The minimum Gasteiger partial charge on any atom is -0.321 e. The van der Waals surface area contributed by atoms with E-state index in [1.165, 1.54) is 6.20 Å². The third-order valence-corrected chi connectivity index (χ3v) is 4.19.